The highest BCUT2D eigenvalue weighted by Crippen LogP contribution is 2.23. The van der Waals surface area contributed by atoms with Crippen LogP contribution in [0, 0.1) is 0 Å². The minimum atomic E-state index is 0.0379. The summed E-state index contributed by atoms with van der Waals surface area (Å²) in [4.78, 5) is 25.1. The van der Waals surface area contributed by atoms with E-state index in [9.17, 15) is 9.59 Å². The number of carbonyl (C=O) groups is 2. The fraction of sp³-hybridized carbons (Fsp3) is 0.467. The number of hydrogen-bond donors (Lipinski definition) is 1. The van der Waals surface area contributed by atoms with E-state index >= 15 is 0 Å². The van der Waals surface area contributed by atoms with Crippen LogP contribution in [0.15, 0.2) is 24.3 Å². The lowest BCUT2D eigenvalue weighted by Crippen LogP contribution is -2.23. The molecule has 2 rings (SSSR count). The molecule has 1 N–H and O–H groups in total. The van der Waals surface area contributed by atoms with Gasteiger partial charge in [-0.05, 0) is 43.5 Å². The van der Waals surface area contributed by atoms with Crippen molar-refractivity contribution < 1.29 is 9.59 Å². The highest BCUT2D eigenvalue weighted by Gasteiger charge is 2.21. The molecule has 2 amide bonds. The molecule has 0 saturated carbocycles. The summed E-state index contributed by atoms with van der Waals surface area (Å²) in [5, 5.41) is 3.80. The summed E-state index contributed by atoms with van der Waals surface area (Å²) in [5.41, 5.74) is 1.69. The van der Waals surface area contributed by atoms with Crippen LogP contribution in [0.1, 0.15) is 32.1 Å². The van der Waals surface area contributed by atoms with Crippen molar-refractivity contribution in [2.75, 3.05) is 22.1 Å². The number of benzene rings is 1. The quantitative estimate of drug-likeness (QED) is 0.638. The minimum absolute atomic E-state index is 0.0379. The summed E-state index contributed by atoms with van der Waals surface area (Å²) < 4.78 is 0. The Morgan fingerprint density at radius 1 is 1.25 bits per heavy atom. The average molecular weight is 339 g/mol. The Balaban J connectivity index is 1.88. The number of nitrogens with one attached hydrogen (secondary N) is 1. The van der Waals surface area contributed by atoms with E-state index in [1.807, 2.05) is 24.3 Å². The molecule has 0 aromatic heterocycles. The summed E-state index contributed by atoms with van der Waals surface area (Å²) in [7, 11) is 0. The van der Waals surface area contributed by atoms with Crippen LogP contribution >= 0.6 is 15.9 Å². The first kappa shape index (κ1) is 15.0. The second kappa shape index (κ2) is 7.43. The monoisotopic (exact) mass is 338 g/mol. The van der Waals surface area contributed by atoms with Gasteiger partial charge in [0.25, 0.3) is 0 Å². The molecule has 1 saturated heterocycles. The third-order valence-electron chi connectivity index (χ3n) is 3.32. The van der Waals surface area contributed by atoms with Gasteiger partial charge in [0.1, 0.15) is 0 Å². The van der Waals surface area contributed by atoms with E-state index < -0.39 is 0 Å². The number of unbranched alkanes of at least 4 members (excludes halogenated alkanes) is 1. The van der Waals surface area contributed by atoms with E-state index in [4.69, 9.17) is 0 Å². The Hall–Kier alpha value is -1.36. The van der Waals surface area contributed by atoms with E-state index in [0.29, 0.717) is 12.8 Å². The normalized spacial score (nSPS) is 14.7. The smallest absolute Gasteiger partial charge is 0.227 e. The summed E-state index contributed by atoms with van der Waals surface area (Å²) in [6, 6.07) is 7.47. The van der Waals surface area contributed by atoms with Crippen LogP contribution in [0.4, 0.5) is 11.4 Å². The number of hydrogen-bond acceptors (Lipinski definition) is 2. The molecule has 4 nitrogen and oxygen atoms in total. The molecular formula is C15H19BrN2O2. The first-order chi connectivity index (χ1) is 9.70. The van der Waals surface area contributed by atoms with Gasteiger partial charge in [-0.2, -0.15) is 0 Å². The molecule has 1 aliphatic rings. The van der Waals surface area contributed by atoms with E-state index in [-0.39, 0.29) is 11.8 Å². The Morgan fingerprint density at radius 2 is 2.00 bits per heavy atom. The second-order valence-electron chi connectivity index (χ2n) is 4.89. The SMILES string of the molecule is O=C(CCCCBr)Nc1ccc(N2CCCC2=O)cc1. The maximum Gasteiger partial charge on any atom is 0.227 e. The zero-order valence-electron chi connectivity index (χ0n) is 11.4. The largest absolute Gasteiger partial charge is 0.326 e. The number of alkyl halides is 1. The molecule has 0 aliphatic carbocycles. The van der Waals surface area contributed by atoms with Crippen LogP contribution in [0.5, 0.6) is 0 Å². The second-order valence-corrected chi connectivity index (χ2v) is 5.68. The van der Waals surface area contributed by atoms with Gasteiger partial charge in [0.15, 0.2) is 0 Å². The molecule has 1 aliphatic heterocycles. The van der Waals surface area contributed by atoms with Crippen molar-refractivity contribution in [1.82, 2.24) is 0 Å². The van der Waals surface area contributed by atoms with Gasteiger partial charge < -0.3 is 10.2 Å². The highest BCUT2D eigenvalue weighted by atomic mass is 79.9. The number of halogens is 1. The fourth-order valence-corrected chi connectivity index (χ4v) is 2.65. The Morgan fingerprint density at radius 3 is 2.60 bits per heavy atom. The molecule has 108 valence electrons. The molecule has 1 heterocycles. The molecule has 5 heteroatoms. The van der Waals surface area contributed by atoms with Crippen LogP contribution < -0.4 is 10.2 Å². The molecule has 0 radical (unpaired) electrons. The van der Waals surface area contributed by atoms with E-state index in [1.54, 1.807) is 4.90 Å². The van der Waals surface area contributed by atoms with Crippen molar-refractivity contribution in [3.05, 3.63) is 24.3 Å². The molecule has 0 spiro atoms. The summed E-state index contributed by atoms with van der Waals surface area (Å²) in [6.07, 6.45) is 3.98. The number of amides is 2. The summed E-state index contributed by atoms with van der Waals surface area (Å²) >= 11 is 3.35. The van der Waals surface area contributed by atoms with Gasteiger partial charge in [0, 0.05) is 36.1 Å². The zero-order valence-corrected chi connectivity index (χ0v) is 13.0. The van der Waals surface area contributed by atoms with Crippen LogP contribution in [-0.4, -0.2) is 23.7 Å². The van der Waals surface area contributed by atoms with Crippen molar-refractivity contribution in [2.24, 2.45) is 0 Å². The topological polar surface area (TPSA) is 49.4 Å². The average Bonchev–Trinajstić information content (AvgIpc) is 2.86. The van der Waals surface area contributed by atoms with E-state index in [1.165, 1.54) is 0 Å². The number of anilines is 2. The molecule has 1 aromatic rings. The predicted octanol–water partition coefficient (Wildman–Crippen LogP) is 3.32. The van der Waals surface area contributed by atoms with Gasteiger partial charge in [-0.25, -0.2) is 0 Å². The van der Waals surface area contributed by atoms with Crippen molar-refractivity contribution in [3.8, 4) is 0 Å². The third-order valence-corrected chi connectivity index (χ3v) is 3.88. The van der Waals surface area contributed by atoms with Crippen LogP contribution in [0.25, 0.3) is 0 Å². The Kier molecular flexibility index (Phi) is 5.59. The Labute approximate surface area is 127 Å². The van der Waals surface area contributed by atoms with E-state index in [0.717, 1.165) is 42.5 Å². The first-order valence-electron chi connectivity index (χ1n) is 6.97. The van der Waals surface area contributed by atoms with Crippen molar-refractivity contribution in [2.45, 2.75) is 32.1 Å². The number of carbonyl (C=O) groups excluding carboxylic acids is 2. The molecule has 0 bridgehead atoms. The van der Waals surface area contributed by atoms with Crippen molar-refractivity contribution in [3.63, 3.8) is 0 Å². The number of rotatable bonds is 6. The number of nitrogens with zero attached hydrogens (tertiary/aromatic N) is 1. The maximum atomic E-state index is 11.7. The molecule has 1 aromatic carbocycles. The highest BCUT2D eigenvalue weighted by molar-refractivity contribution is 9.09. The molecule has 1 fully saturated rings. The van der Waals surface area contributed by atoms with Crippen molar-refractivity contribution in [1.29, 1.82) is 0 Å². The Bertz CT molecular complexity index is 473. The molecule has 0 unspecified atom stereocenters. The molecular weight excluding hydrogens is 320 g/mol. The summed E-state index contributed by atoms with van der Waals surface area (Å²) in [6.45, 7) is 0.789. The molecule has 0 atom stereocenters. The maximum absolute atomic E-state index is 11.7. The fourth-order valence-electron chi connectivity index (χ4n) is 2.25. The van der Waals surface area contributed by atoms with Crippen LogP contribution in [0.2, 0.25) is 0 Å². The lowest BCUT2D eigenvalue weighted by atomic mass is 10.2. The van der Waals surface area contributed by atoms with Crippen LogP contribution in [0.3, 0.4) is 0 Å². The van der Waals surface area contributed by atoms with Gasteiger partial charge >= 0.3 is 0 Å². The lowest BCUT2D eigenvalue weighted by Gasteiger charge is -2.16. The zero-order chi connectivity index (χ0) is 14.4. The predicted molar refractivity (Wildman–Crippen MR) is 84.3 cm³/mol. The first-order valence-corrected chi connectivity index (χ1v) is 8.09. The van der Waals surface area contributed by atoms with Gasteiger partial charge in [-0.15, -0.1) is 0 Å². The van der Waals surface area contributed by atoms with Crippen LogP contribution in [-0.2, 0) is 9.59 Å². The van der Waals surface area contributed by atoms with E-state index in [2.05, 4.69) is 21.2 Å². The van der Waals surface area contributed by atoms with Gasteiger partial charge in [0.05, 0.1) is 0 Å². The summed E-state index contributed by atoms with van der Waals surface area (Å²) in [5.74, 6) is 0.215. The van der Waals surface area contributed by atoms with Gasteiger partial charge in [-0.1, -0.05) is 15.9 Å². The standard InChI is InChI=1S/C15H19BrN2O2/c16-10-2-1-4-14(19)17-12-6-8-13(9-7-12)18-11-3-5-15(18)20/h6-9H,1-5,10-11H2,(H,17,19). The van der Waals surface area contributed by atoms with Gasteiger partial charge in [-0.3, -0.25) is 9.59 Å². The van der Waals surface area contributed by atoms with Crippen molar-refractivity contribution >= 4 is 39.1 Å². The third kappa shape index (κ3) is 4.07. The minimum Gasteiger partial charge on any atom is -0.326 e. The molecule has 20 heavy (non-hydrogen) atoms. The lowest BCUT2D eigenvalue weighted by molar-refractivity contribution is -0.117. The van der Waals surface area contributed by atoms with Gasteiger partial charge in [0.2, 0.25) is 11.8 Å².